The van der Waals surface area contributed by atoms with Crippen LogP contribution in [0, 0.1) is 0 Å². The summed E-state index contributed by atoms with van der Waals surface area (Å²) in [7, 11) is 4.21. The Morgan fingerprint density at radius 1 is 1.57 bits per heavy atom. The number of nitrogens with one attached hydrogen (secondary N) is 1. The first-order valence-corrected chi connectivity index (χ1v) is 6.89. The standard InChI is InChI=1S/C9H17N3S2/c1-11(2)8-12(5-7-13-3)9-10-4-6-14-9/h4,6H,5,7-8H2,1-3H3/p+1. The molecule has 3 nitrogen and oxygen atoms in total. The van der Waals surface area contributed by atoms with E-state index in [0.717, 1.165) is 13.2 Å². The Labute approximate surface area is 94.1 Å². The molecular formula is C9H18N3S2+. The molecule has 0 aliphatic carbocycles. The fourth-order valence-corrected chi connectivity index (χ4v) is 2.41. The lowest BCUT2D eigenvalue weighted by Crippen LogP contribution is -3.09. The second-order valence-electron chi connectivity index (χ2n) is 3.42. The van der Waals surface area contributed by atoms with Crippen LogP contribution in [0.5, 0.6) is 0 Å². The van der Waals surface area contributed by atoms with Crippen molar-refractivity contribution < 1.29 is 4.90 Å². The molecule has 5 heteroatoms. The lowest BCUT2D eigenvalue weighted by Gasteiger charge is -2.19. The first-order chi connectivity index (χ1) is 6.74. The van der Waals surface area contributed by atoms with Gasteiger partial charge in [0, 0.05) is 17.3 Å². The van der Waals surface area contributed by atoms with E-state index >= 15 is 0 Å². The molecule has 14 heavy (non-hydrogen) atoms. The summed E-state index contributed by atoms with van der Waals surface area (Å²) < 4.78 is 0. The van der Waals surface area contributed by atoms with Crippen molar-refractivity contribution in [3.63, 3.8) is 0 Å². The maximum atomic E-state index is 4.37. The third-order valence-corrected chi connectivity index (χ3v) is 3.34. The Hall–Kier alpha value is -0.100. The Balaban J connectivity index is 2.53. The van der Waals surface area contributed by atoms with Crippen LogP contribution in [0.1, 0.15) is 0 Å². The zero-order valence-corrected chi connectivity index (χ0v) is 10.6. The molecule has 1 aromatic rings. The van der Waals surface area contributed by atoms with Gasteiger partial charge >= 0.3 is 0 Å². The van der Waals surface area contributed by atoms with Crippen LogP contribution in [0.4, 0.5) is 5.13 Å². The van der Waals surface area contributed by atoms with Crippen LogP contribution < -0.4 is 4.90 Å². The highest BCUT2D eigenvalue weighted by Crippen LogP contribution is 2.04. The van der Waals surface area contributed by atoms with Crippen molar-refractivity contribution in [3.05, 3.63) is 11.6 Å². The lowest BCUT2D eigenvalue weighted by atomic mass is 10.6. The molecular weight excluding hydrogens is 214 g/mol. The minimum atomic E-state index is 1.02. The zero-order valence-electron chi connectivity index (χ0n) is 8.99. The van der Waals surface area contributed by atoms with Gasteiger partial charge in [0.05, 0.1) is 6.54 Å². The summed E-state index contributed by atoms with van der Waals surface area (Å²) in [5, 5.41) is 3.25. The predicted octanol–water partition coefficient (Wildman–Crippen LogP) is 0.542. The molecule has 1 aromatic heterocycles. The van der Waals surface area contributed by atoms with Gasteiger partial charge in [-0.1, -0.05) is 11.3 Å². The second-order valence-corrected chi connectivity index (χ2v) is 5.30. The molecule has 1 N–H and O–H groups in total. The first kappa shape index (κ1) is 12.0. The fourth-order valence-electron chi connectivity index (χ4n) is 1.26. The number of rotatable bonds is 6. The van der Waals surface area contributed by atoms with Crippen LogP contribution in [-0.2, 0) is 0 Å². The van der Waals surface area contributed by atoms with E-state index in [0.29, 0.717) is 0 Å². The fraction of sp³-hybridized carbons (Fsp3) is 0.667. The molecule has 0 saturated carbocycles. The largest absolute Gasteiger partial charge is 0.285 e. The van der Waals surface area contributed by atoms with Gasteiger partial charge in [-0.15, -0.1) is 0 Å². The molecule has 1 rings (SSSR count). The summed E-state index contributed by atoms with van der Waals surface area (Å²) >= 11 is 3.63. The average molecular weight is 232 g/mol. The van der Waals surface area contributed by atoms with Crippen molar-refractivity contribution in [2.45, 2.75) is 0 Å². The van der Waals surface area contributed by atoms with Crippen LogP contribution in [0.15, 0.2) is 11.6 Å². The monoisotopic (exact) mass is 232 g/mol. The van der Waals surface area contributed by atoms with E-state index in [1.54, 1.807) is 11.3 Å². The number of thioether (sulfide) groups is 1. The van der Waals surface area contributed by atoms with Crippen LogP contribution >= 0.6 is 23.1 Å². The number of aromatic nitrogens is 1. The van der Waals surface area contributed by atoms with Gasteiger partial charge in [-0.05, 0) is 20.4 Å². The highest BCUT2D eigenvalue weighted by Gasteiger charge is 2.14. The first-order valence-electron chi connectivity index (χ1n) is 4.62. The van der Waals surface area contributed by atoms with E-state index in [4.69, 9.17) is 0 Å². The minimum Gasteiger partial charge on any atom is -0.263 e. The third kappa shape index (κ3) is 3.96. The molecule has 0 bridgehead atoms. The molecule has 1 unspecified atom stereocenters. The number of hydrogen-bond donors (Lipinski definition) is 1. The van der Waals surface area contributed by atoms with Gasteiger partial charge in [0.2, 0.25) is 0 Å². The Morgan fingerprint density at radius 2 is 2.36 bits per heavy atom. The van der Waals surface area contributed by atoms with Crippen molar-refractivity contribution in [1.82, 2.24) is 9.88 Å². The van der Waals surface area contributed by atoms with E-state index in [9.17, 15) is 0 Å². The third-order valence-electron chi connectivity index (χ3n) is 1.85. The quantitative estimate of drug-likeness (QED) is 0.723. The smallest absolute Gasteiger partial charge is 0.263 e. The molecule has 0 radical (unpaired) electrons. The average Bonchev–Trinajstić information content (AvgIpc) is 2.64. The van der Waals surface area contributed by atoms with E-state index in [2.05, 4.69) is 30.2 Å². The Kier molecular flexibility index (Phi) is 5.47. The highest BCUT2D eigenvalue weighted by molar-refractivity contribution is 7.98. The van der Waals surface area contributed by atoms with Crippen molar-refractivity contribution in [2.24, 2.45) is 0 Å². The molecule has 0 aliphatic rings. The Morgan fingerprint density at radius 3 is 2.86 bits per heavy atom. The van der Waals surface area contributed by atoms with Crippen molar-refractivity contribution in [1.29, 1.82) is 0 Å². The summed E-state index contributed by atoms with van der Waals surface area (Å²) in [6, 6.07) is 0. The van der Waals surface area contributed by atoms with Crippen LogP contribution in [0.25, 0.3) is 0 Å². The molecule has 0 aromatic carbocycles. The zero-order chi connectivity index (χ0) is 10.4. The number of thiazole rings is 1. The van der Waals surface area contributed by atoms with Crippen LogP contribution in [0.2, 0.25) is 0 Å². The normalized spacial score (nSPS) is 13.4. The topological polar surface area (TPSA) is 20.6 Å². The van der Waals surface area contributed by atoms with Crippen molar-refractivity contribution >= 4 is 28.2 Å². The molecule has 1 heterocycles. The van der Waals surface area contributed by atoms with E-state index in [1.165, 1.54) is 15.8 Å². The molecule has 0 spiro atoms. The summed E-state index contributed by atoms with van der Waals surface area (Å²) in [4.78, 5) is 8.03. The van der Waals surface area contributed by atoms with Crippen molar-refractivity contribution in [2.75, 3.05) is 39.3 Å². The maximum Gasteiger partial charge on any atom is 0.285 e. The van der Waals surface area contributed by atoms with Gasteiger partial charge < -0.3 is 0 Å². The highest BCUT2D eigenvalue weighted by atomic mass is 32.2. The summed E-state index contributed by atoms with van der Waals surface area (Å²) in [5.41, 5.74) is 0. The molecule has 0 saturated heterocycles. The van der Waals surface area contributed by atoms with Gasteiger partial charge in [0.1, 0.15) is 6.67 Å². The SMILES string of the molecule is CSCC[NH+](CN(C)C)c1nccs1. The molecule has 0 aliphatic heterocycles. The number of quaternary nitrogens is 1. The lowest BCUT2D eigenvalue weighted by molar-refractivity contribution is -0.840. The predicted molar refractivity (Wildman–Crippen MR) is 64.5 cm³/mol. The molecule has 0 fully saturated rings. The van der Waals surface area contributed by atoms with Gasteiger partial charge in [-0.3, -0.25) is 9.80 Å². The maximum absolute atomic E-state index is 4.37. The van der Waals surface area contributed by atoms with Gasteiger partial charge in [-0.25, -0.2) is 0 Å². The van der Waals surface area contributed by atoms with E-state index < -0.39 is 0 Å². The van der Waals surface area contributed by atoms with E-state index in [1.807, 2.05) is 23.3 Å². The molecule has 0 amide bonds. The Bertz CT molecular complexity index is 236. The summed E-state index contributed by atoms with van der Waals surface area (Å²) in [6.07, 6.45) is 4.03. The van der Waals surface area contributed by atoms with Gasteiger partial charge in [0.15, 0.2) is 0 Å². The van der Waals surface area contributed by atoms with Crippen molar-refractivity contribution in [3.8, 4) is 0 Å². The van der Waals surface area contributed by atoms with E-state index in [-0.39, 0.29) is 0 Å². The number of hydrogen-bond acceptors (Lipinski definition) is 4. The van der Waals surface area contributed by atoms with Crippen LogP contribution in [0.3, 0.4) is 0 Å². The second kappa shape index (κ2) is 6.40. The minimum absolute atomic E-state index is 1.02. The number of nitrogens with zero attached hydrogens (tertiary/aromatic N) is 2. The van der Waals surface area contributed by atoms with Gasteiger partial charge in [-0.2, -0.15) is 16.7 Å². The van der Waals surface area contributed by atoms with Gasteiger partial charge in [0.25, 0.3) is 5.13 Å². The summed E-state index contributed by atoms with van der Waals surface area (Å²) in [5.74, 6) is 1.18. The van der Waals surface area contributed by atoms with Crippen LogP contribution in [-0.4, -0.2) is 49.2 Å². The summed E-state index contributed by atoms with van der Waals surface area (Å²) in [6.45, 7) is 2.17. The molecule has 80 valence electrons. The molecule has 1 atom stereocenters.